The highest BCUT2D eigenvalue weighted by molar-refractivity contribution is 5.70. The lowest BCUT2D eigenvalue weighted by molar-refractivity contribution is -0.141. The number of carboxylic acid groups (broad SMARTS) is 1. The lowest BCUT2D eigenvalue weighted by atomic mass is 10.00. The Balaban J connectivity index is 1.72. The van der Waals surface area contributed by atoms with Gasteiger partial charge in [0.1, 0.15) is 0 Å². The summed E-state index contributed by atoms with van der Waals surface area (Å²) >= 11 is 0. The lowest BCUT2D eigenvalue weighted by Crippen LogP contribution is -2.17. The Morgan fingerprint density at radius 3 is 2.81 bits per heavy atom. The number of aliphatic carboxylic acids is 1. The number of carbonyl (C=O) groups is 1. The molecule has 114 valence electrons. The Hall–Kier alpha value is -1.75. The molecule has 2 N–H and O–H groups in total. The zero-order valence-electron chi connectivity index (χ0n) is 12.2. The second-order valence-electron chi connectivity index (χ2n) is 5.90. The summed E-state index contributed by atoms with van der Waals surface area (Å²) in [6, 6.07) is 5.92. The third-order valence-corrected chi connectivity index (χ3v) is 4.24. The van der Waals surface area contributed by atoms with Gasteiger partial charge >= 0.3 is 5.97 Å². The van der Waals surface area contributed by atoms with Crippen LogP contribution in [-0.2, 0) is 4.79 Å². The fourth-order valence-corrected chi connectivity index (χ4v) is 2.69. The first-order chi connectivity index (χ1) is 10.2. The molecule has 5 nitrogen and oxygen atoms in total. The molecule has 1 aliphatic carbocycles. The van der Waals surface area contributed by atoms with Gasteiger partial charge in [0.05, 0.1) is 19.6 Å². The van der Waals surface area contributed by atoms with Crippen molar-refractivity contribution in [2.45, 2.75) is 25.3 Å². The Kier molecular flexibility index (Phi) is 4.01. The number of rotatable bonds is 6. The maximum atomic E-state index is 11.0. The summed E-state index contributed by atoms with van der Waals surface area (Å²) in [5, 5.41) is 12.4. The maximum Gasteiger partial charge on any atom is 0.307 e. The molecule has 0 spiro atoms. The van der Waals surface area contributed by atoms with Crippen molar-refractivity contribution in [3.8, 4) is 11.5 Å². The number of hydrogen-bond acceptors (Lipinski definition) is 4. The van der Waals surface area contributed by atoms with Crippen molar-refractivity contribution >= 4 is 5.97 Å². The number of hydrogen-bond donors (Lipinski definition) is 2. The third kappa shape index (κ3) is 3.29. The summed E-state index contributed by atoms with van der Waals surface area (Å²) in [6.07, 6.45) is 3.10. The van der Waals surface area contributed by atoms with Crippen LogP contribution in [0.25, 0.3) is 0 Å². The molecule has 1 saturated heterocycles. The Morgan fingerprint density at radius 1 is 1.38 bits per heavy atom. The quantitative estimate of drug-likeness (QED) is 0.841. The van der Waals surface area contributed by atoms with Gasteiger partial charge in [-0.05, 0) is 42.9 Å². The Bertz CT molecular complexity index is 527. The van der Waals surface area contributed by atoms with Crippen LogP contribution in [0.3, 0.4) is 0 Å². The number of nitrogens with one attached hydrogen (secondary N) is 1. The molecule has 5 heteroatoms. The molecule has 2 aliphatic rings. The minimum Gasteiger partial charge on any atom is -0.493 e. The van der Waals surface area contributed by atoms with Gasteiger partial charge < -0.3 is 19.9 Å². The van der Waals surface area contributed by atoms with Gasteiger partial charge in [-0.15, -0.1) is 0 Å². The first kappa shape index (κ1) is 14.2. The van der Waals surface area contributed by atoms with E-state index < -0.39 is 5.97 Å². The molecular weight excluding hydrogens is 270 g/mol. The van der Waals surface area contributed by atoms with E-state index in [4.69, 9.17) is 14.6 Å². The first-order valence-electron chi connectivity index (χ1n) is 7.44. The summed E-state index contributed by atoms with van der Waals surface area (Å²) in [7, 11) is 1.63. The van der Waals surface area contributed by atoms with E-state index in [0.717, 1.165) is 23.7 Å². The summed E-state index contributed by atoms with van der Waals surface area (Å²) in [5.41, 5.74) is 1.06. The Morgan fingerprint density at radius 2 is 2.19 bits per heavy atom. The normalized spacial score (nSPS) is 24.8. The van der Waals surface area contributed by atoms with Crippen molar-refractivity contribution in [2.75, 3.05) is 20.3 Å². The smallest absolute Gasteiger partial charge is 0.307 e. The monoisotopic (exact) mass is 291 g/mol. The number of ether oxygens (including phenoxy) is 2. The van der Waals surface area contributed by atoms with Gasteiger partial charge in [-0.2, -0.15) is 0 Å². The molecule has 2 atom stereocenters. The van der Waals surface area contributed by atoms with Crippen LogP contribution >= 0.6 is 0 Å². The highest BCUT2D eigenvalue weighted by atomic mass is 16.5. The molecule has 21 heavy (non-hydrogen) atoms. The van der Waals surface area contributed by atoms with Crippen molar-refractivity contribution in [3.05, 3.63) is 23.8 Å². The van der Waals surface area contributed by atoms with Crippen LogP contribution in [0.15, 0.2) is 18.2 Å². The van der Waals surface area contributed by atoms with Crippen molar-refractivity contribution in [1.29, 1.82) is 0 Å². The van der Waals surface area contributed by atoms with Gasteiger partial charge in [-0.3, -0.25) is 4.79 Å². The van der Waals surface area contributed by atoms with E-state index >= 15 is 0 Å². The predicted octanol–water partition coefficient (Wildman–Crippen LogP) is 2.22. The van der Waals surface area contributed by atoms with Crippen molar-refractivity contribution < 1.29 is 19.4 Å². The van der Waals surface area contributed by atoms with Crippen LogP contribution in [0.1, 0.15) is 30.9 Å². The standard InChI is InChI=1S/C16H21NO4/c1-20-14-5-4-11(7-15(14)21-9-10-2-3-10)13-6-12(8-17-13)16(18)19/h4-5,7,10,12-13,17H,2-3,6,8-9H2,1H3,(H,18,19). The molecule has 0 bridgehead atoms. The highest BCUT2D eigenvalue weighted by Crippen LogP contribution is 2.36. The molecule has 1 heterocycles. The minimum absolute atomic E-state index is 0.0697. The van der Waals surface area contributed by atoms with Crippen LogP contribution in [0, 0.1) is 11.8 Å². The highest BCUT2D eigenvalue weighted by Gasteiger charge is 2.30. The average Bonchev–Trinajstić information content (AvgIpc) is 3.18. The van der Waals surface area contributed by atoms with Crippen LogP contribution < -0.4 is 14.8 Å². The molecule has 1 saturated carbocycles. The van der Waals surface area contributed by atoms with E-state index in [2.05, 4.69) is 5.32 Å². The van der Waals surface area contributed by atoms with Crippen LogP contribution in [-0.4, -0.2) is 31.3 Å². The van der Waals surface area contributed by atoms with E-state index in [9.17, 15) is 4.79 Å². The zero-order chi connectivity index (χ0) is 14.8. The van der Waals surface area contributed by atoms with Crippen molar-refractivity contribution in [3.63, 3.8) is 0 Å². The number of carboxylic acids is 1. The summed E-state index contributed by atoms with van der Waals surface area (Å²) < 4.78 is 11.2. The fraction of sp³-hybridized carbons (Fsp3) is 0.562. The van der Waals surface area contributed by atoms with Crippen molar-refractivity contribution in [1.82, 2.24) is 5.32 Å². The molecule has 2 fully saturated rings. The van der Waals surface area contributed by atoms with Gasteiger partial charge in [0.2, 0.25) is 0 Å². The molecule has 3 rings (SSSR count). The maximum absolute atomic E-state index is 11.0. The van der Waals surface area contributed by atoms with E-state index in [1.807, 2.05) is 18.2 Å². The Labute approximate surface area is 124 Å². The second-order valence-corrected chi connectivity index (χ2v) is 5.90. The molecule has 2 unspecified atom stereocenters. The third-order valence-electron chi connectivity index (χ3n) is 4.24. The van der Waals surface area contributed by atoms with E-state index in [1.165, 1.54) is 12.8 Å². The summed E-state index contributed by atoms with van der Waals surface area (Å²) in [4.78, 5) is 11.0. The largest absolute Gasteiger partial charge is 0.493 e. The number of methoxy groups -OCH3 is 1. The molecule has 0 aromatic heterocycles. The minimum atomic E-state index is -0.733. The van der Waals surface area contributed by atoms with Crippen LogP contribution in [0.5, 0.6) is 11.5 Å². The van der Waals surface area contributed by atoms with Crippen LogP contribution in [0.2, 0.25) is 0 Å². The molecule has 1 aromatic carbocycles. The summed E-state index contributed by atoms with van der Waals surface area (Å²) in [6.45, 7) is 1.25. The van der Waals surface area contributed by atoms with E-state index in [1.54, 1.807) is 7.11 Å². The summed E-state index contributed by atoms with van der Waals surface area (Å²) in [5.74, 6) is 1.12. The fourth-order valence-electron chi connectivity index (χ4n) is 2.69. The van der Waals surface area contributed by atoms with Gasteiger partial charge in [-0.25, -0.2) is 0 Å². The van der Waals surface area contributed by atoms with Gasteiger partial charge in [-0.1, -0.05) is 6.07 Å². The SMILES string of the molecule is COc1ccc(C2CC(C(=O)O)CN2)cc1OCC1CC1. The first-order valence-corrected chi connectivity index (χ1v) is 7.44. The molecule has 0 radical (unpaired) electrons. The van der Waals surface area contributed by atoms with Gasteiger partial charge in [0.25, 0.3) is 0 Å². The molecule has 1 aliphatic heterocycles. The molecular formula is C16H21NO4. The lowest BCUT2D eigenvalue weighted by Gasteiger charge is -2.15. The number of benzene rings is 1. The van der Waals surface area contributed by atoms with E-state index in [0.29, 0.717) is 18.9 Å². The second kappa shape index (κ2) is 5.93. The van der Waals surface area contributed by atoms with Gasteiger partial charge in [0, 0.05) is 12.6 Å². The predicted molar refractivity (Wildman–Crippen MR) is 77.7 cm³/mol. The van der Waals surface area contributed by atoms with Crippen LogP contribution in [0.4, 0.5) is 0 Å². The average molecular weight is 291 g/mol. The zero-order valence-corrected chi connectivity index (χ0v) is 12.2. The van der Waals surface area contributed by atoms with Gasteiger partial charge in [0.15, 0.2) is 11.5 Å². The van der Waals surface area contributed by atoms with E-state index in [-0.39, 0.29) is 12.0 Å². The van der Waals surface area contributed by atoms with Crippen molar-refractivity contribution in [2.24, 2.45) is 11.8 Å². The molecule has 0 amide bonds. The topological polar surface area (TPSA) is 67.8 Å². The molecule has 1 aromatic rings.